The minimum Gasteiger partial charge on any atom is -0.507 e. The fraction of sp³-hybridized carbons (Fsp3) is 0.0455. The van der Waals surface area contributed by atoms with E-state index in [4.69, 9.17) is 0 Å². The van der Waals surface area contributed by atoms with Crippen molar-refractivity contribution in [3.05, 3.63) is 102 Å². The van der Waals surface area contributed by atoms with Crippen molar-refractivity contribution < 1.29 is 19.1 Å². The summed E-state index contributed by atoms with van der Waals surface area (Å²) < 4.78 is 13.3. The van der Waals surface area contributed by atoms with Crippen molar-refractivity contribution in [3.8, 4) is 0 Å². The second-order valence-electron chi connectivity index (χ2n) is 6.30. The number of rotatable bonds is 3. The molecule has 0 bridgehead atoms. The molecular weight excluding hydrogens is 359 g/mol. The zero-order chi connectivity index (χ0) is 19.7. The lowest BCUT2D eigenvalue weighted by Gasteiger charge is -2.25. The van der Waals surface area contributed by atoms with Gasteiger partial charge >= 0.3 is 0 Å². The predicted octanol–water partition coefficient (Wildman–Crippen LogP) is 3.85. The molecule has 0 radical (unpaired) electrons. The van der Waals surface area contributed by atoms with E-state index in [9.17, 15) is 19.1 Å². The summed E-state index contributed by atoms with van der Waals surface area (Å²) in [7, 11) is 0. The largest absolute Gasteiger partial charge is 0.507 e. The minimum atomic E-state index is -0.846. The zero-order valence-corrected chi connectivity index (χ0v) is 14.6. The number of anilines is 1. The molecule has 1 saturated heterocycles. The number of carbonyl (C=O) groups is 2. The molecule has 5 nitrogen and oxygen atoms in total. The number of aliphatic hydroxyl groups excluding tert-OH is 1. The van der Waals surface area contributed by atoms with E-state index in [1.165, 1.54) is 29.2 Å². The molecule has 28 heavy (non-hydrogen) atoms. The van der Waals surface area contributed by atoms with Crippen molar-refractivity contribution >= 4 is 23.1 Å². The number of ketones is 1. The summed E-state index contributed by atoms with van der Waals surface area (Å²) in [6, 6.07) is 16.4. The number of pyridine rings is 1. The van der Waals surface area contributed by atoms with Crippen molar-refractivity contribution in [1.82, 2.24) is 4.98 Å². The molecule has 3 aromatic rings. The second kappa shape index (κ2) is 7.08. The average molecular weight is 374 g/mol. The third kappa shape index (κ3) is 2.95. The Bertz CT molecular complexity index is 1060. The van der Waals surface area contributed by atoms with E-state index in [1.807, 2.05) is 0 Å². The fourth-order valence-corrected chi connectivity index (χ4v) is 3.30. The van der Waals surface area contributed by atoms with E-state index in [0.717, 1.165) is 0 Å². The summed E-state index contributed by atoms with van der Waals surface area (Å²) in [6.07, 6.45) is 3.13. The van der Waals surface area contributed by atoms with Gasteiger partial charge in [-0.1, -0.05) is 24.3 Å². The summed E-state index contributed by atoms with van der Waals surface area (Å²) in [5, 5.41) is 10.8. The molecule has 4 rings (SSSR count). The maximum Gasteiger partial charge on any atom is 0.300 e. The Morgan fingerprint density at radius 3 is 2.32 bits per heavy atom. The summed E-state index contributed by atoms with van der Waals surface area (Å²) in [5.41, 5.74) is 1.29. The normalized spacial score (nSPS) is 18.5. The van der Waals surface area contributed by atoms with Crippen molar-refractivity contribution in [2.45, 2.75) is 6.04 Å². The Balaban J connectivity index is 1.94. The maximum atomic E-state index is 13.3. The summed E-state index contributed by atoms with van der Waals surface area (Å²) in [5.74, 6) is -2.38. The summed E-state index contributed by atoms with van der Waals surface area (Å²) in [4.78, 5) is 31.1. The van der Waals surface area contributed by atoms with Crippen LogP contribution in [0.3, 0.4) is 0 Å². The highest BCUT2D eigenvalue weighted by atomic mass is 19.1. The van der Waals surface area contributed by atoms with Gasteiger partial charge < -0.3 is 5.11 Å². The van der Waals surface area contributed by atoms with Crippen LogP contribution in [0.1, 0.15) is 17.2 Å². The Kier molecular flexibility index (Phi) is 4.45. The van der Waals surface area contributed by atoms with Crippen LogP contribution in [0.2, 0.25) is 0 Å². The van der Waals surface area contributed by atoms with E-state index < -0.39 is 23.5 Å². The van der Waals surface area contributed by atoms with Crippen LogP contribution in [0.5, 0.6) is 0 Å². The molecule has 0 aliphatic carbocycles. The molecule has 138 valence electrons. The highest BCUT2D eigenvalue weighted by Crippen LogP contribution is 2.41. The first-order valence-electron chi connectivity index (χ1n) is 8.60. The average Bonchev–Trinajstić information content (AvgIpc) is 3.00. The summed E-state index contributed by atoms with van der Waals surface area (Å²) >= 11 is 0. The van der Waals surface area contributed by atoms with Gasteiger partial charge in [0.1, 0.15) is 11.6 Å². The van der Waals surface area contributed by atoms with Gasteiger partial charge in [0.2, 0.25) is 0 Å². The Morgan fingerprint density at radius 1 is 0.964 bits per heavy atom. The van der Waals surface area contributed by atoms with Gasteiger partial charge in [0, 0.05) is 23.6 Å². The molecule has 1 aliphatic rings. The van der Waals surface area contributed by atoms with Crippen LogP contribution in [0.25, 0.3) is 5.76 Å². The van der Waals surface area contributed by atoms with E-state index in [-0.39, 0.29) is 16.9 Å². The van der Waals surface area contributed by atoms with E-state index in [2.05, 4.69) is 4.98 Å². The second-order valence-corrected chi connectivity index (χ2v) is 6.30. The number of nitrogens with zero attached hydrogens (tertiary/aromatic N) is 2. The molecule has 1 unspecified atom stereocenters. The molecular formula is C22H15FN2O3. The highest BCUT2D eigenvalue weighted by molar-refractivity contribution is 6.51. The highest BCUT2D eigenvalue weighted by Gasteiger charge is 2.47. The van der Waals surface area contributed by atoms with Crippen molar-refractivity contribution in [3.63, 3.8) is 0 Å². The first-order valence-corrected chi connectivity index (χ1v) is 8.60. The molecule has 1 fully saturated rings. The number of hydrogen-bond acceptors (Lipinski definition) is 4. The van der Waals surface area contributed by atoms with Crippen molar-refractivity contribution in [2.24, 2.45) is 0 Å². The van der Waals surface area contributed by atoms with Crippen molar-refractivity contribution in [2.75, 3.05) is 4.90 Å². The number of benzene rings is 2. The van der Waals surface area contributed by atoms with Gasteiger partial charge in [-0.15, -0.1) is 0 Å². The minimum absolute atomic E-state index is 0.0616. The maximum absolute atomic E-state index is 13.3. The number of carbonyl (C=O) groups excluding carboxylic acids is 2. The molecule has 1 amide bonds. The Morgan fingerprint density at radius 2 is 1.68 bits per heavy atom. The molecule has 1 aliphatic heterocycles. The summed E-state index contributed by atoms with van der Waals surface area (Å²) in [6.45, 7) is 0. The van der Waals surface area contributed by atoms with Crippen LogP contribution in [-0.2, 0) is 9.59 Å². The Hall–Kier alpha value is -3.80. The van der Waals surface area contributed by atoms with Crippen molar-refractivity contribution in [1.29, 1.82) is 0 Å². The quantitative estimate of drug-likeness (QED) is 0.430. The van der Waals surface area contributed by atoms with E-state index in [1.54, 1.807) is 54.9 Å². The Labute approximate surface area is 160 Å². The fourth-order valence-electron chi connectivity index (χ4n) is 3.30. The number of amides is 1. The molecule has 1 aromatic heterocycles. The molecule has 0 saturated carbocycles. The number of aromatic nitrogens is 1. The lowest BCUT2D eigenvalue weighted by atomic mass is 9.96. The van der Waals surface area contributed by atoms with E-state index in [0.29, 0.717) is 11.3 Å². The predicted molar refractivity (Wildman–Crippen MR) is 102 cm³/mol. The van der Waals surface area contributed by atoms with Gasteiger partial charge in [0.15, 0.2) is 0 Å². The molecule has 0 spiro atoms. The van der Waals surface area contributed by atoms with Crippen LogP contribution in [0, 0.1) is 5.82 Å². The lowest BCUT2D eigenvalue weighted by molar-refractivity contribution is -0.132. The number of aliphatic hydroxyl groups is 1. The number of Topliss-reactive ketones (excluding diaryl/α,β-unsaturated/α-hetero) is 1. The number of hydrogen-bond donors (Lipinski definition) is 1. The molecule has 1 atom stereocenters. The lowest BCUT2D eigenvalue weighted by Crippen LogP contribution is -2.29. The molecule has 2 aromatic carbocycles. The monoisotopic (exact) mass is 374 g/mol. The molecule has 2 heterocycles. The third-order valence-electron chi connectivity index (χ3n) is 4.60. The third-order valence-corrected chi connectivity index (χ3v) is 4.60. The first-order chi connectivity index (χ1) is 13.6. The standard InChI is InChI=1S/C22H15FN2O3/c23-16-10-8-14(9-11-16)20(26)18-19(15-5-4-12-24-13-15)25(22(28)21(18)27)17-6-2-1-3-7-17/h1-13,19,26H/b20-18-. The van der Waals surface area contributed by atoms with Gasteiger partial charge in [-0.25, -0.2) is 4.39 Å². The number of para-hydroxylation sites is 1. The van der Waals surface area contributed by atoms with Crippen LogP contribution in [-0.4, -0.2) is 21.8 Å². The van der Waals surface area contributed by atoms with Crippen LogP contribution < -0.4 is 4.90 Å². The van der Waals surface area contributed by atoms with Crippen LogP contribution >= 0.6 is 0 Å². The van der Waals surface area contributed by atoms with Gasteiger partial charge in [-0.2, -0.15) is 0 Å². The first kappa shape index (κ1) is 17.6. The molecule has 6 heteroatoms. The SMILES string of the molecule is O=C1C(=O)N(c2ccccc2)C(c2cccnc2)/C1=C(/O)c1ccc(F)cc1. The van der Waals surface area contributed by atoms with Crippen LogP contribution in [0.4, 0.5) is 10.1 Å². The van der Waals surface area contributed by atoms with Gasteiger partial charge in [0.25, 0.3) is 11.7 Å². The van der Waals surface area contributed by atoms with Gasteiger partial charge in [-0.3, -0.25) is 19.5 Å². The van der Waals surface area contributed by atoms with Crippen LogP contribution in [0.15, 0.2) is 84.7 Å². The van der Waals surface area contributed by atoms with Gasteiger partial charge in [-0.05, 0) is 48.0 Å². The zero-order valence-electron chi connectivity index (χ0n) is 14.6. The van der Waals surface area contributed by atoms with Gasteiger partial charge in [0.05, 0.1) is 11.6 Å². The smallest absolute Gasteiger partial charge is 0.300 e. The van der Waals surface area contributed by atoms with E-state index >= 15 is 0 Å². The number of halogens is 1. The molecule has 1 N–H and O–H groups in total. The topological polar surface area (TPSA) is 70.5 Å².